The van der Waals surface area contributed by atoms with E-state index in [1.165, 1.54) is 11.1 Å². The van der Waals surface area contributed by atoms with Crippen molar-refractivity contribution >= 4 is 12.6 Å². The smallest absolute Gasteiger partial charge is 0.0375 e. The fraction of sp³-hybridized carbons (Fsp3) is 0.333. The molecule has 0 saturated carbocycles. The number of rotatable bonds is 1. The second-order valence-corrected chi connectivity index (χ2v) is 3.21. The third kappa shape index (κ3) is 1.54. The molecule has 0 nitrogen and oxygen atoms in total. The maximum absolute atomic E-state index is 5.13. The first-order chi connectivity index (χ1) is 4.72. The van der Waals surface area contributed by atoms with E-state index in [1.54, 1.807) is 0 Å². The van der Waals surface area contributed by atoms with Gasteiger partial charge in [-0.25, -0.2) is 0 Å². The fourth-order valence-electron chi connectivity index (χ4n) is 1.04. The molecule has 1 unspecified atom stereocenters. The minimum Gasteiger partial charge on any atom is -0.0856 e. The summed E-state index contributed by atoms with van der Waals surface area (Å²) in [7, 11) is 0. The molecular weight excluding hydrogens is 140 g/mol. The zero-order valence-electron chi connectivity index (χ0n) is 6.29. The van der Waals surface area contributed by atoms with Crippen LogP contribution in [0.2, 0.25) is 0 Å². The van der Waals surface area contributed by atoms with Gasteiger partial charge in [0.25, 0.3) is 0 Å². The van der Waals surface area contributed by atoms with Crippen molar-refractivity contribution in [3.05, 3.63) is 35.4 Å². The van der Waals surface area contributed by atoms with Gasteiger partial charge in [0.2, 0.25) is 0 Å². The van der Waals surface area contributed by atoms with E-state index in [1.807, 2.05) is 19.1 Å². The van der Waals surface area contributed by atoms with Crippen molar-refractivity contribution in [2.75, 3.05) is 0 Å². The minimum absolute atomic E-state index is 0.237. The Morgan fingerprint density at radius 1 is 1.30 bits per heavy atom. The number of hydrogen-bond acceptors (Lipinski definition) is 0. The maximum Gasteiger partial charge on any atom is 0.0375 e. The molecule has 1 rings (SSSR count). The first-order valence-corrected chi connectivity index (χ1v) is 3.90. The number of benzene rings is 1. The van der Waals surface area contributed by atoms with Crippen molar-refractivity contribution in [2.45, 2.75) is 19.1 Å². The first-order valence-electron chi connectivity index (χ1n) is 3.43. The van der Waals surface area contributed by atoms with Crippen molar-refractivity contribution in [3.63, 3.8) is 0 Å². The van der Waals surface area contributed by atoms with E-state index < -0.39 is 0 Å². The molecule has 1 heteroatoms. The Bertz CT molecular complexity index is 216. The monoisotopic (exact) mass is 151 g/mol. The van der Waals surface area contributed by atoms with Gasteiger partial charge in [-0.3, -0.25) is 0 Å². The molecule has 0 aliphatic carbocycles. The van der Waals surface area contributed by atoms with Crippen molar-refractivity contribution in [1.82, 2.24) is 0 Å². The van der Waals surface area contributed by atoms with Crippen LogP contribution in [0.3, 0.4) is 0 Å². The zero-order valence-corrected chi connectivity index (χ0v) is 7.11. The van der Waals surface area contributed by atoms with Gasteiger partial charge in [0.1, 0.15) is 0 Å². The van der Waals surface area contributed by atoms with Gasteiger partial charge in [0.05, 0.1) is 0 Å². The molecule has 53 valence electrons. The van der Waals surface area contributed by atoms with E-state index in [9.17, 15) is 0 Å². The molecule has 0 aliphatic heterocycles. The Kier molecular flexibility index (Phi) is 2.39. The van der Waals surface area contributed by atoms with E-state index >= 15 is 0 Å². The van der Waals surface area contributed by atoms with Crippen LogP contribution in [0.5, 0.6) is 0 Å². The van der Waals surface area contributed by atoms with Crippen molar-refractivity contribution in [2.24, 2.45) is 0 Å². The topological polar surface area (TPSA) is 0 Å². The van der Waals surface area contributed by atoms with E-state index in [-0.39, 0.29) is 5.25 Å². The average Bonchev–Trinajstić information content (AvgIpc) is 1.88. The van der Waals surface area contributed by atoms with Gasteiger partial charge in [-0.05, 0) is 25.0 Å². The van der Waals surface area contributed by atoms with Crippen LogP contribution in [0, 0.1) is 6.92 Å². The Morgan fingerprint density at radius 3 is 2.30 bits per heavy atom. The molecule has 1 aromatic rings. The highest BCUT2D eigenvalue weighted by Gasteiger charge is 2.01. The quantitative estimate of drug-likeness (QED) is 0.578. The summed E-state index contributed by atoms with van der Waals surface area (Å²) in [5.41, 5.74) is 2.57. The molecule has 0 amide bonds. The largest absolute Gasteiger partial charge is 0.0856 e. The lowest BCUT2D eigenvalue weighted by molar-refractivity contribution is 1.08. The van der Waals surface area contributed by atoms with Gasteiger partial charge in [-0.1, -0.05) is 36.9 Å². The van der Waals surface area contributed by atoms with Gasteiger partial charge in [-0.2, -0.15) is 0 Å². The normalized spacial score (nSPS) is 13.1. The van der Waals surface area contributed by atoms with Crippen LogP contribution < -0.4 is 0 Å². The third-order valence-electron chi connectivity index (χ3n) is 1.63. The molecule has 0 heterocycles. The van der Waals surface area contributed by atoms with Gasteiger partial charge in [-0.15, -0.1) is 0 Å². The lowest BCUT2D eigenvalue weighted by Gasteiger charge is -2.05. The summed E-state index contributed by atoms with van der Waals surface area (Å²) in [4.78, 5) is 0. The lowest BCUT2D eigenvalue weighted by atomic mass is 10.1. The molecule has 1 radical (unpaired) electrons. The van der Waals surface area contributed by atoms with Crippen LogP contribution in [0.15, 0.2) is 24.3 Å². The van der Waals surface area contributed by atoms with E-state index in [0.29, 0.717) is 0 Å². The summed E-state index contributed by atoms with van der Waals surface area (Å²) < 4.78 is 0. The molecule has 0 aromatic heterocycles. The molecule has 0 spiro atoms. The highest BCUT2D eigenvalue weighted by Crippen LogP contribution is 2.21. The van der Waals surface area contributed by atoms with Crippen molar-refractivity contribution < 1.29 is 0 Å². The molecule has 1 aromatic carbocycles. The third-order valence-corrected chi connectivity index (χ3v) is 1.88. The van der Waals surface area contributed by atoms with E-state index in [4.69, 9.17) is 12.6 Å². The second kappa shape index (κ2) is 3.11. The van der Waals surface area contributed by atoms with Crippen molar-refractivity contribution in [1.29, 1.82) is 0 Å². The zero-order chi connectivity index (χ0) is 7.56. The molecule has 0 fully saturated rings. The first kappa shape index (κ1) is 7.67. The molecular formula is C9H11S. The molecule has 0 saturated heterocycles. The van der Waals surface area contributed by atoms with Crippen LogP contribution in [0.4, 0.5) is 0 Å². The summed E-state index contributed by atoms with van der Waals surface area (Å²) in [6.45, 7) is 4.13. The Morgan fingerprint density at radius 2 is 1.90 bits per heavy atom. The summed E-state index contributed by atoms with van der Waals surface area (Å²) in [5.74, 6) is 0. The fourth-order valence-corrected chi connectivity index (χ4v) is 1.31. The van der Waals surface area contributed by atoms with Crippen LogP contribution in [-0.4, -0.2) is 0 Å². The lowest BCUT2D eigenvalue weighted by Crippen LogP contribution is -1.87. The Balaban J connectivity index is 3.03. The predicted octanol–water partition coefficient (Wildman–Crippen LogP) is 3.25. The number of hydrogen-bond donors (Lipinski definition) is 0. The molecule has 1 atom stereocenters. The van der Waals surface area contributed by atoms with Crippen LogP contribution in [-0.2, 0) is 0 Å². The maximum atomic E-state index is 5.13. The highest BCUT2D eigenvalue weighted by atomic mass is 32.1. The number of aryl methyl sites for hydroxylation is 1. The highest BCUT2D eigenvalue weighted by molar-refractivity contribution is 7.80. The van der Waals surface area contributed by atoms with Crippen molar-refractivity contribution in [3.8, 4) is 0 Å². The predicted molar refractivity (Wildman–Crippen MR) is 47.2 cm³/mol. The summed E-state index contributed by atoms with van der Waals surface area (Å²) in [5, 5.41) is 0.237. The van der Waals surface area contributed by atoms with Gasteiger partial charge < -0.3 is 0 Å². The van der Waals surface area contributed by atoms with Crippen LogP contribution in [0.25, 0.3) is 0 Å². The van der Waals surface area contributed by atoms with Gasteiger partial charge in [0, 0.05) is 5.25 Å². The van der Waals surface area contributed by atoms with Crippen LogP contribution in [0.1, 0.15) is 23.3 Å². The average molecular weight is 151 g/mol. The summed E-state index contributed by atoms with van der Waals surface area (Å²) >= 11 is 5.13. The SMILES string of the molecule is Cc1ccccc1C(C)[S]. The summed E-state index contributed by atoms with van der Waals surface area (Å²) in [6, 6.07) is 8.26. The Hall–Kier alpha value is -0.430. The molecule has 0 bridgehead atoms. The molecule has 0 N–H and O–H groups in total. The van der Waals surface area contributed by atoms with Gasteiger partial charge >= 0.3 is 0 Å². The summed E-state index contributed by atoms with van der Waals surface area (Å²) in [6.07, 6.45) is 0. The molecule has 0 aliphatic rings. The van der Waals surface area contributed by atoms with E-state index in [2.05, 4.69) is 19.1 Å². The minimum atomic E-state index is 0.237. The Labute approximate surface area is 67.7 Å². The second-order valence-electron chi connectivity index (χ2n) is 2.50. The van der Waals surface area contributed by atoms with E-state index in [0.717, 1.165) is 0 Å². The van der Waals surface area contributed by atoms with Crippen LogP contribution >= 0.6 is 12.6 Å². The molecule has 10 heavy (non-hydrogen) atoms. The van der Waals surface area contributed by atoms with Gasteiger partial charge in [0.15, 0.2) is 0 Å². The standard InChI is InChI=1S/C9H11S/c1-7-5-3-4-6-9(7)8(2)10/h3-6,8H,1-2H3.